The summed E-state index contributed by atoms with van der Waals surface area (Å²) in [5, 5.41) is 5.13. The highest BCUT2D eigenvalue weighted by Gasteiger charge is 2.41. The largest absolute Gasteiger partial charge is 0.444 e. The molecule has 0 aromatic carbocycles. The fourth-order valence-corrected chi connectivity index (χ4v) is 2.18. The van der Waals surface area contributed by atoms with Crippen LogP contribution >= 0.6 is 0 Å². The number of amides is 3. The zero-order valence-electron chi connectivity index (χ0n) is 12.5. The molecule has 0 atom stereocenters. The lowest BCUT2D eigenvalue weighted by Gasteiger charge is -2.40. The molecule has 1 heterocycles. The summed E-state index contributed by atoms with van der Waals surface area (Å²) >= 11 is 0. The highest BCUT2D eigenvalue weighted by Crippen LogP contribution is 2.23. The number of imide groups is 1. The second-order valence-corrected chi connectivity index (χ2v) is 5.89. The molecule has 0 radical (unpaired) electrons. The molecule has 7 heteroatoms. The van der Waals surface area contributed by atoms with Gasteiger partial charge in [0.05, 0.1) is 0 Å². The van der Waals surface area contributed by atoms with Gasteiger partial charge in [0.1, 0.15) is 11.1 Å². The van der Waals surface area contributed by atoms with Crippen molar-refractivity contribution in [2.75, 3.05) is 20.1 Å². The number of hydrogen-bond donors (Lipinski definition) is 2. The number of carbonyl (C=O) groups excluding carboxylic acids is 3. The summed E-state index contributed by atoms with van der Waals surface area (Å²) in [6.07, 6.45) is 0.866. The molecular weight excluding hydrogens is 262 g/mol. The Hall–Kier alpha value is -1.63. The molecule has 0 aliphatic carbocycles. The standard InChI is InChI=1S/C13H23N3O4/c1-12(2,3)20-11(19)16-7-5-13(14-4,6-8-16)10(18)15-9-17/h9,14H,5-8H2,1-4H3,(H,15,17,18). The van der Waals surface area contributed by atoms with Crippen molar-refractivity contribution in [2.24, 2.45) is 0 Å². The fourth-order valence-electron chi connectivity index (χ4n) is 2.18. The maximum atomic E-state index is 11.9. The number of hydrogen-bond acceptors (Lipinski definition) is 5. The van der Waals surface area contributed by atoms with Gasteiger partial charge in [-0.15, -0.1) is 0 Å². The van der Waals surface area contributed by atoms with Crippen molar-refractivity contribution in [1.82, 2.24) is 15.5 Å². The Morgan fingerprint density at radius 1 is 1.25 bits per heavy atom. The Morgan fingerprint density at radius 2 is 1.80 bits per heavy atom. The van der Waals surface area contributed by atoms with Crippen molar-refractivity contribution < 1.29 is 19.1 Å². The molecule has 0 bridgehead atoms. The average molecular weight is 285 g/mol. The van der Waals surface area contributed by atoms with Gasteiger partial charge in [-0.3, -0.25) is 14.9 Å². The monoisotopic (exact) mass is 285 g/mol. The van der Waals surface area contributed by atoms with Gasteiger partial charge in [0.15, 0.2) is 0 Å². The Bertz CT molecular complexity index is 382. The maximum Gasteiger partial charge on any atom is 0.410 e. The van der Waals surface area contributed by atoms with E-state index >= 15 is 0 Å². The number of ether oxygens (including phenoxy) is 1. The summed E-state index contributed by atoms with van der Waals surface area (Å²) in [4.78, 5) is 35.8. The molecule has 3 amide bonds. The first kappa shape index (κ1) is 16.4. The number of likely N-dealkylation sites (N-methyl/N-ethyl adjacent to an activating group) is 1. The van der Waals surface area contributed by atoms with E-state index in [9.17, 15) is 14.4 Å². The van der Waals surface area contributed by atoms with Gasteiger partial charge in [0.25, 0.3) is 0 Å². The van der Waals surface area contributed by atoms with Gasteiger partial charge in [-0.2, -0.15) is 0 Å². The molecule has 114 valence electrons. The summed E-state index contributed by atoms with van der Waals surface area (Å²) in [7, 11) is 1.67. The van der Waals surface area contributed by atoms with Gasteiger partial charge < -0.3 is 15.0 Å². The lowest BCUT2D eigenvalue weighted by Crippen LogP contribution is -2.61. The minimum absolute atomic E-state index is 0.362. The molecule has 7 nitrogen and oxygen atoms in total. The van der Waals surface area contributed by atoms with Crippen LogP contribution in [0.25, 0.3) is 0 Å². The summed E-state index contributed by atoms with van der Waals surface area (Å²) < 4.78 is 5.30. The van der Waals surface area contributed by atoms with E-state index in [0.717, 1.165) is 0 Å². The van der Waals surface area contributed by atoms with Crippen molar-refractivity contribution in [3.63, 3.8) is 0 Å². The zero-order chi connectivity index (χ0) is 15.4. The van der Waals surface area contributed by atoms with Gasteiger partial charge in [-0.05, 0) is 40.7 Å². The van der Waals surface area contributed by atoms with Crippen molar-refractivity contribution in [3.05, 3.63) is 0 Å². The van der Waals surface area contributed by atoms with Crippen LogP contribution in [0.1, 0.15) is 33.6 Å². The van der Waals surface area contributed by atoms with Crippen LogP contribution in [0, 0.1) is 0 Å². The van der Waals surface area contributed by atoms with Gasteiger partial charge in [0.2, 0.25) is 12.3 Å². The number of carbonyl (C=O) groups is 3. The highest BCUT2D eigenvalue weighted by molar-refractivity contribution is 5.93. The molecule has 20 heavy (non-hydrogen) atoms. The van der Waals surface area contributed by atoms with E-state index in [4.69, 9.17) is 4.74 Å². The van der Waals surface area contributed by atoms with Crippen molar-refractivity contribution in [1.29, 1.82) is 0 Å². The summed E-state index contributed by atoms with van der Waals surface area (Å²) in [6, 6.07) is 0. The number of nitrogens with one attached hydrogen (secondary N) is 2. The van der Waals surface area contributed by atoms with Crippen LogP contribution in [0.2, 0.25) is 0 Å². The number of likely N-dealkylation sites (tertiary alicyclic amines) is 1. The molecule has 1 aliphatic rings. The topological polar surface area (TPSA) is 87.7 Å². The minimum Gasteiger partial charge on any atom is -0.444 e. The molecule has 1 saturated heterocycles. The van der Waals surface area contributed by atoms with E-state index < -0.39 is 11.1 Å². The third-order valence-electron chi connectivity index (χ3n) is 3.37. The predicted octanol–water partition coefficient (Wildman–Crippen LogP) is 0.248. The van der Waals surface area contributed by atoms with Crippen LogP contribution in [0.5, 0.6) is 0 Å². The van der Waals surface area contributed by atoms with Gasteiger partial charge in [0, 0.05) is 13.1 Å². The van der Waals surface area contributed by atoms with Crippen molar-refractivity contribution >= 4 is 18.4 Å². The second-order valence-electron chi connectivity index (χ2n) is 5.89. The van der Waals surface area contributed by atoms with E-state index in [-0.39, 0.29) is 12.0 Å². The van der Waals surface area contributed by atoms with Crippen LogP contribution in [-0.4, -0.2) is 54.6 Å². The SMILES string of the molecule is CNC1(C(=O)NC=O)CCN(C(=O)OC(C)(C)C)CC1. The van der Waals surface area contributed by atoms with Crippen LogP contribution in [-0.2, 0) is 14.3 Å². The normalized spacial score (nSPS) is 18.3. The number of piperidine rings is 1. The van der Waals surface area contributed by atoms with Crippen molar-refractivity contribution in [2.45, 2.75) is 44.8 Å². The van der Waals surface area contributed by atoms with Gasteiger partial charge in [-0.25, -0.2) is 4.79 Å². The van der Waals surface area contributed by atoms with Crippen LogP contribution in [0.3, 0.4) is 0 Å². The Balaban J connectivity index is 2.63. The highest BCUT2D eigenvalue weighted by atomic mass is 16.6. The Morgan fingerprint density at radius 3 is 2.20 bits per heavy atom. The maximum absolute atomic E-state index is 11.9. The Labute approximate surface area is 119 Å². The second kappa shape index (κ2) is 6.21. The molecule has 0 saturated carbocycles. The van der Waals surface area contributed by atoms with Crippen LogP contribution in [0.4, 0.5) is 4.79 Å². The van der Waals surface area contributed by atoms with Crippen molar-refractivity contribution in [3.8, 4) is 0 Å². The zero-order valence-corrected chi connectivity index (χ0v) is 12.5. The molecule has 0 aromatic rings. The van der Waals surface area contributed by atoms with Gasteiger partial charge in [-0.1, -0.05) is 0 Å². The molecule has 2 N–H and O–H groups in total. The number of nitrogens with zero attached hydrogens (tertiary/aromatic N) is 1. The van der Waals surface area contributed by atoms with E-state index in [1.54, 1.807) is 11.9 Å². The minimum atomic E-state index is -0.806. The lowest BCUT2D eigenvalue weighted by atomic mass is 9.87. The van der Waals surface area contributed by atoms with E-state index in [2.05, 4.69) is 10.6 Å². The third-order valence-corrected chi connectivity index (χ3v) is 3.37. The summed E-state index contributed by atoms with van der Waals surface area (Å²) in [5.41, 5.74) is -1.34. The molecule has 0 aromatic heterocycles. The molecule has 0 spiro atoms. The van der Waals surface area contributed by atoms with Crippen LogP contribution in [0.15, 0.2) is 0 Å². The predicted molar refractivity (Wildman–Crippen MR) is 73.0 cm³/mol. The first-order chi connectivity index (χ1) is 9.24. The molecular formula is C13H23N3O4. The number of rotatable bonds is 3. The van der Waals surface area contributed by atoms with E-state index in [1.807, 2.05) is 20.8 Å². The quantitative estimate of drug-likeness (QED) is 0.726. The molecule has 1 rings (SSSR count). The van der Waals surface area contributed by atoms with Crippen LogP contribution < -0.4 is 10.6 Å². The van der Waals surface area contributed by atoms with Gasteiger partial charge >= 0.3 is 6.09 Å². The fraction of sp³-hybridized carbons (Fsp3) is 0.769. The molecule has 1 fully saturated rings. The summed E-state index contributed by atoms with van der Waals surface area (Å²) in [6.45, 7) is 6.24. The smallest absolute Gasteiger partial charge is 0.410 e. The third kappa shape index (κ3) is 3.93. The molecule has 1 aliphatic heterocycles. The average Bonchev–Trinajstić information content (AvgIpc) is 2.37. The summed E-state index contributed by atoms with van der Waals surface area (Å²) in [5.74, 6) is -0.362. The first-order valence-electron chi connectivity index (χ1n) is 6.65. The van der Waals surface area contributed by atoms with E-state index in [0.29, 0.717) is 32.3 Å². The molecule has 0 unspecified atom stereocenters. The van der Waals surface area contributed by atoms with E-state index in [1.165, 1.54) is 0 Å². The lowest BCUT2D eigenvalue weighted by molar-refractivity contribution is -0.132. The first-order valence-corrected chi connectivity index (χ1v) is 6.65. The Kier molecular flexibility index (Phi) is 5.10.